The number of hydrogen-bond donors (Lipinski definition) is 3. The lowest BCUT2D eigenvalue weighted by Crippen LogP contribution is -2.40. The zero-order valence-electron chi connectivity index (χ0n) is 20.2. The molecule has 1 aromatic carbocycles. The van der Waals surface area contributed by atoms with Crippen LogP contribution in [0.1, 0.15) is 31.0 Å². The van der Waals surface area contributed by atoms with E-state index < -0.39 is 18.6 Å². The molecular weight excluding hydrogens is 464 g/mol. The second-order valence-corrected chi connectivity index (χ2v) is 8.96. The van der Waals surface area contributed by atoms with Crippen LogP contribution in [0.25, 0.3) is 0 Å². The van der Waals surface area contributed by atoms with Crippen LogP contribution in [0.4, 0.5) is 26.0 Å². The van der Waals surface area contributed by atoms with Crippen molar-refractivity contribution in [1.82, 2.24) is 20.2 Å². The summed E-state index contributed by atoms with van der Waals surface area (Å²) in [4.78, 5) is 15.1. The van der Waals surface area contributed by atoms with E-state index in [2.05, 4.69) is 43.9 Å². The number of nitrogens with one attached hydrogen (secondary N) is 3. The molecule has 0 radical (unpaired) electrons. The van der Waals surface area contributed by atoms with Crippen molar-refractivity contribution in [2.75, 3.05) is 23.7 Å². The zero-order valence-corrected chi connectivity index (χ0v) is 20.2. The Morgan fingerprint density at radius 3 is 2.97 bits per heavy atom. The molecule has 0 amide bonds. The quantitative estimate of drug-likeness (QED) is 0.505. The lowest BCUT2D eigenvalue weighted by molar-refractivity contribution is 0.0785. The lowest BCUT2D eigenvalue weighted by atomic mass is 10.1. The largest absolute Gasteiger partial charge is 0.457 e. The summed E-state index contributed by atoms with van der Waals surface area (Å²) in [6, 6.07) is 5.82. The summed E-state index contributed by atoms with van der Waals surface area (Å²) in [7, 11) is 0. The maximum atomic E-state index is 13.1. The van der Waals surface area contributed by atoms with E-state index in [4.69, 9.17) is 4.74 Å². The molecule has 10 heteroatoms. The maximum absolute atomic E-state index is 13.1. The van der Waals surface area contributed by atoms with Crippen molar-refractivity contribution in [1.29, 1.82) is 0 Å². The minimum atomic E-state index is -2.32. The molecule has 188 valence electrons. The van der Waals surface area contributed by atoms with Crippen LogP contribution >= 0.6 is 0 Å². The summed E-state index contributed by atoms with van der Waals surface area (Å²) < 4.78 is 32.4. The van der Waals surface area contributed by atoms with Crippen molar-refractivity contribution in [3.63, 3.8) is 0 Å². The molecule has 8 nitrogen and oxygen atoms in total. The van der Waals surface area contributed by atoms with Crippen molar-refractivity contribution < 1.29 is 13.5 Å². The molecule has 0 spiro atoms. The highest BCUT2D eigenvalue weighted by Crippen LogP contribution is 2.32. The first-order valence-electron chi connectivity index (χ1n) is 12.1. The molecule has 0 aliphatic carbocycles. The van der Waals surface area contributed by atoms with Gasteiger partial charge < -0.3 is 20.7 Å². The van der Waals surface area contributed by atoms with Crippen LogP contribution < -0.4 is 20.7 Å². The predicted octanol–water partition coefficient (Wildman–Crippen LogP) is 4.92. The number of likely N-dealkylation sites (tertiary alicyclic amines) is 1. The minimum Gasteiger partial charge on any atom is -0.457 e. The van der Waals surface area contributed by atoms with Crippen molar-refractivity contribution in [2.45, 2.75) is 39.4 Å². The summed E-state index contributed by atoms with van der Waals surface area (Å²) in [5, 5.41) is 9.87. The highest BCUT2D eigenvalue weighted by atomic mass is 19.3. The van der Waals surface area contributed by atoms with E-state index in [9.17, 15) is 8.78 Å². The Hall–Kier alpha value is -3.79. The molecule has 1 fully saturated rings. The van der Waals surface area contributed by atoms with Gasteiger partial charge in [-0.1, -0.05) is 13.0 Å². The standard InChI is InChI=1S/C26H29F2N7O/c1-3-4-18-12-20(7-9-29-18)36-22-6-5-19(11-16(22)2)33-25-23-21(31-15-32-25)13-30-26(34-23)35-10-8-17(14-35)24(27)28/h4-7,9,11-13,15,17,24,26,29,34H,3,8,10,14H2,1-2H3,(H,31,32,33). The lowest BCUT2D eigenvalue weighted by Gasteiger charge is -2.29. The Kier molecular flexibility index (Phi) is 6.95. The second kappa shape index (κ2) is 10.4. The van der Waals surface area contributed by atoms with Gasteiger partial charge in [-0.25, -0.2) is 18.7 Å². The molecule has 36 heavy (non-hydrogen) atoms. The number of allylic oxidation sites excluding steroid dienone is 3. The Morgan fingerprint density at radius 2 is 2.19 bits per heavy atom. The highest BCUT2D eigenvalue weighted by molar-refractivity contribution is 5.92. The van der Waals surface area contributed by atoms with E-state index in [-0.39, 0.29) is 0 Å². The smallest absolute Gasteiger partial charge is 0.242 e. The molecule has 5 rings (SSSR count). The molecule has 1 saturated heterocycles. The fourth-order valence-electron chi connectivity index (χ4n) is 4.44. The van der Waals surface area contributed by atoms with Crippen LogP contribution in [-0.4, -0.2) is 46.9 Å². The molecule has 0 saturated carbocycles. The normalized spacial score (nSPS) is 22.2. The summed E-state index contributed by atoms with van der Waals surface area (Å²) in [6.45, 7) is 4.94. The van der Waals surface area contributed by atoms with Crippen molar-refractivity contribution in [3.05, 3.63) is 71.7 Å². The Morgan fingerprint density at radius 1 is 1.31 bits per heavy atom. The molecule has 1 aromatic heterocycles. The van der Waals surface area contributed by atoms with Gasteiger partial charge in [0.1, 0.15) is 29.2 Å². The van der Waals surface area contributed by atoms with Gasteiger partial charge in [-0.15, -0.1) is 0 Å². The zero-order chi connectivity index (χ0) is 25.1. The molecule has 2 unspecified atom stereocenters. The molecule has 4 heterocycles. The number of aryl methyl sites for hydroxylation is 1. The van der Waals surface area contributed by atoms with E-state index in [1.165, 1.54) is 6.33 Å². The third kappa shape index (κ3) is 5.23. The second-order valence-electron chi connectivity index (χ2n) is 8.96. The average Bonchev–Trinajstić information content (AvgIpc) is 3.37. The average molecular weight is 494 g/mol. The first-order valence-corrected chi connectivity index (χ1v) is 12.1. The number of halogens is 2. The fourth-order valence-corrected chi connectivity index (χ4v) is 4.44. The summed E-state index contributed by atoms with van der Waals surface area (Å²) >= 11 is 0. The number of fused-ring (bicyclic) bond motifs is 1. The molecule has 3 aliphatic rings. The number of benzene rings is 1. The van der Waals surface area contributed by atoms with Crippen LogP contribution in [0.15, 0.2) is 65.4 Å². The first-order chi connectivity index (χ1) is 17.5. The number of rotatable bonds is 7. The van der Waals surface area contributed by atoms with Gasteiger partial charge in [-0.05, 0) is 49.6 Å². The molecule has 2 aromatic rings. The van der Waals surface area contributed by atoms with Crippen LogP contribution in [0.2, 0.25) is 0 Å². The third-order valence-corrected chi connectivity index (χ3v) is 6.33. The van der Waals surface area contributed by atoms with E-state index in [1.54, 1.807) is 6.21 Å². The first kappa shape index (κ1) is 23.9. The van der Waals surface area contributed by atoms with Gasteiger partial charge in [0.05, 0.1) is 6.21 Å². The Bertz CT molecular complexity index is 1240. The fraction of sp³-hybridized carbons (Fsp3) is 0.346. The number of dihydropyridines is 1. The predicted molar refractivity (Wildman–Crippen MR) is 137 cm³/mol. The molecule has 0 bridgehead atoms. The summed E-state index contributed by atoms with van der Waals surface area (Å²) in [5.41, 5.74) is 4.13. The van der Waals surface area contributed by atoms with Crippen molar-refractivity contribution in [3.8, 4) is 5.75 Å². The van der Waals surface area contributed by atoms with Gasteiger partial charge in [-0.2, -0.15) is 0 Å². The van der Waals surface area contributed by atoms with Gasteiger partial charge in [0.2, 0.25) is 6.43 Å². The molecular formula is C26H29F2N7O. The van der Waals surface area contributed by atoms with Crippen LogP contribution in [0, 0.1) is 12.8 Å². The SMILES string of the molecule is CCC=C1C=C(Oc2ccc(Nc3ncnc4c3NC(N3CCC(C(F)F)C3)N=C4)cc2C)C=CN1. The number of aromatic nitrogens is 2. The van der Waals surface area contributed by atoms with E-state index in [1.807, 2.05) is 48.4 Å². The van der Waals surface area contributed by atoms with Gasteiger partial charge >= 0.3 is 0 Å². The summed E-state index contributed by atoms with van der Waals surface area (Å²) in [5.74, 6) is 1.48. The molecule has 2 atom stereocenters. The van der Waals surface area contributed by atoms with Gasteiger partial charge in [0.15, 0.2) is 12.1 Å². The van der Waals surface area contributed by atoms with Gasteiger partial charge in [0, 0.05) is 42.7 Å². The number of nitrogens with zero attached hydrogens (tertiary/aromatic N) is 4. The maximum Gasteiger partial charge on any atom is 0.242 e. The van der Waals surface area contributed by atoms with Crippen LogP contribution in [-0.2, 0) is 0 Å². The number of hydrogen-bond acceptors (Lipinski definition) is 8. The number of aliphatic imine (C=N–C) groups is 1. The monoisotopic (exact) mass is 493 g/mol. The number of alkyl halides is 2. The van der Waals surface area contributed by atoms with Crippen LogP contribution in [0.5, 0.6) is 5.75 Å². The Labute approximate surface area is 208 Å². The molecule has 3 aliphatic heterocycles. The van der Waals surface area contributed by atoms with E-state index in [0.29, 0.717) is 36.7 Å². The van der Waals surface area contributed by atoms with Crippen LogP contribution in [0.3, 0.4) is 0 Å². The minimum absolute atomic E-state index is 0.302. The van der Waals surface area contributed by atoms with E-state index in [0.717, 1.165) is 34.9 Å². The van der Waals surface area contributed by atoms with Gasteiger partial charge in [-0.3, -0.25) is 9.89 Å². The summed E-state index contributed by atoms with van der Waals surface area (Å²) in [6.07, 6.45) is 9.60. The third-order valence-electron chi connectivity index (χ3n) is 6.33. The Balaban J connectivity index is 1.30. The number of ether oxygens (including phenoxy) is 1. The van der Waals surface area contributed by atoms with E-state index >= 15 is 0 Å². The number of anilines is 3. The highest BCUT2D eigenvalue weighted by Gasteiger charge is 2.34. The van der Waals surface area contributed by atoms with Crippen molar-refractivity contribution >= 4 is 23.4 Å². The molecule has 3 N–H and O–H groups in total. The van der Waals surface area contributed by atoms with Crippen molar-refractivity contribution in [2.24, 2.45) is 10.9 Å². The van der Waals surface area contributed by atoms with Gasteiger partial charge in [0.25, 0.3) is 0 Å². The topological polar surface area (TPSA) is 86.7 Å².